The summed E-state index contributed by atoms with van der Waals surface area (Å²) in [4.78, 5) is 28.0. The number of carbonyl (C=O) groups is 2. The Hall–Kier alpha value is -2.59. The summed E-state index contributed by atoms with van der Waals surface area (Å²) in [7, 11) is 1.62. The molecule has 5 aliphatic carbocycles. The Morgan fingerprint density at radius 2 is 1.73 bits per heavy atom. The number of carbonyl (C=O) groups excluding carboxylic acids is 2. The van der Waals surface area contributed by atoms with Gasteiger partial charge in [0.2, 0.25) is 11.8 Å². The minimum Gasteiger partial charge on any atom is -0.422 e. The first-order chi connectivity index (χ1) is 19.1. The van der Waals surface area contributed by atoms with Gasteiger partial charge in [0, 0.05) is 23.9 Å². The number of hydrogen-bond donors (Lipinski definition) is 0. The van der Waals surface area contributed by atoms with Gasteiger partial charge < -0.3 is 9.15 Å². The molecule has 0 aromatic carbocycles. The lowest BCUT2D eigenvalue weighted by molar-refractivity contribution is -0.161. The lowest BCUT2D eigenvalue weighted by atomic mass is 9.34. The van der Waals surface area contributed by atoms with E-state index >= 15 is 0 Å². The molecule has 7 atom stereocenters. The third kappa shape index (κ3) is 3.58. The average Bonchev–Trinajstić information content (AvgIpc) is 3.37. The van der Waals surface area contributed by atoms with Crippen LogP contribution in [-0.4, -0.2) is 28.9 Å². The van der Waals surface area contributed by atoms with Crippen molar-refractivity contribution in [3.8, 4) is 6.07 Å². The third-order valence-electron chi connectivity index (χ3n) is 13.0. The first-order valence-corrected chi connectivity index (χ1v) is 15.4. The van der Waals surface area contributed by atoms with Crippen molar-refractivity contribution >= 4 is 11.6 Å². The fourth-order valence-electron chi connectivity index (χ4n) is 10.6. The molecule has 0 amide bonds. The van der Waals surface area contributed by atoms with Crippen LogP contribution in [0.25, 0.3) is 0 Å². The van der Waals surface area contributed by atoms with Crippen LogP contribution in [0, 0.1) is 56.2 Å². The molecule has 0 saturated heterocycles. The Morgan fingerprint density at radius 3 is 2.41 bits per heavy atom. The lowest BCUT2D eigenvalue weighted by Crippen LogP contribution is -2.65. The van der Waals surface area contributed by atoms with Gasteiger partial charge in [-0.1, -0.05) is 60.1 Å². The second kappa shape index (κ2) is 8.72. The van der Waals surface area contributed by atoms with Crippen molar-refractivity contribution < 1.29 is 18.7 Å². The summed E-state index contributed by atoms with van der Waals surface area (Å²) in [6.45, 7) is 15.8. The predicted molar refractivity (Wildman–Crippen MR) is 153 cm³/mol. The number of nitrogens with zero attached hydrogens (tertiary/aromatic N) is 3. The van der Waals surface area contributed by atoms with Gasteiger partial charge in [-0.3, -0.25) is 9.59 Å². The molecule has 5 aliphatic rings. The highest BCUT2D eigenvalue weighted by atomic mass is 16.5. The zero-order chi connectivity index (χ0) is 29.8. The molecule has 220 valence electrons. The Bertz CT molecular complexity index is 1430. The standard InChI is InChI=1S/C34H45N3O4/c1-29(2)11-13-34(28-37-36-25(41-28)19-40-8)14-12-33(7)26(21(34)17-29)22(38)15-24-31(5)16-20(18-35)27(39)30(3,4)23(31)9-10-32(24,33)6/h15-16,21,23,26H,9-14,17,19H2,1-8H3/t21-,23-,26-,31-,32+,33+,34-/m0/s1. The van der Waals surface area contributed by atoms with Crippen LogP contribution in [0.5, 0.6) is 0 Å². The Labute approximate surface area is 244 Å². The van der Waals surface area contributed by atoms with Gasteiger partial charge in [0.1, 0.15) is 12.7 Å². The Kier molecular flexibility index (Phi) is 6.07. The molecule has 1 heterocycles. The number of aromatic nitrogens is 2. The second-order valence-electron chi connectivity index (χ2n) is 15.8. The van der Waals surface area contributed by atoms with E-state index in [9.17, 15) is 14.9 Å². The Balaban J connectivity index is 1.51. The zero-order valence-corrected chi connectivity index (χ0v) is 26.0. The van der Waals surface area contributed by atoms with Gasteiger partial charge in [0.15, 0.2) is 11.6 Å². The summed E-state index contributed by atoms with van der Waals surface area (Å²) in [5, 5.41) is 18.8. The van der Waals surface area contributed by atoms with Crippen LogP contribution in [0.1, 0.15) is 105 Å². The van der Waals surface area contributed by atoms with Crippen molar-refractivity contribution in [1.82, 2.24) is 10.2 Å². The molecule has 7 nitrogen and oxygen atoms in total. The van der Waals surface area contributed by atoms with Crippen molar-refractivity contribution in [2.45, 2.75) is 105 Å². The van der Waals surface area contributed by atoms with E-state index in [2.05, 4.69) is 50.9 Å². The molecule has 0 N–H and O–H groups in total. The smallest absolute Gasteiger partial charge is 0.242 e. The van der Waals surface area contributed by atoms with E-state index in [-0.39, 0.29) is 63.2 Å². The van der Waals surface area contributed by atoms with Gasteiger partial charge in [0.25, 0.3) is 0 Å². The van der Waals surface area contributed by atoms with Gasteiger partial charge in [0.05, 0.1) is 11.0 Å². The van der Waals surface area contributed by atoms with Crippen molar-refractivity contribution in [3.63, 3.8) is 0 Å². The number of ether oxygens (including phenoxy) is 1. The van der Waals surface area contributed by atoms with Crippen molar-refractivity contribution in [2.24, 2.45) is 44.8 Å². The number of fused-ring (bicyclic) bond motifs is 7. The molecule has 41 heavy (non-hydrogen) atoms. The number of hydrogen-bond acceptors (Lipinski definition) is 7. The molecule has 7 heteroatoms. The lowest BCUT2D eigenvalue weighted by Gasteiger charge is -2.68. The first-order valence-electron chi connectivity index (χ1n) is 15.4. The maximum Gasteiger partial charge on any atom is 0.242 e. The zero-order valence-electron chi connectivity index (χ0n) is 26.0. The van der Waals surface area contributed by atoms with Crippen LogP contribution in [0.15, 0.2) is 27.7 Å². The fourth-order valence-corrected chi connectivity index (χ4v) is 10.6. The Morgan fingerprint density at radius 1 is 1.02 bits per heavy atom. The maximum absolute atomic E-state index is 14.7. The summed E-state index contributed by atoms with van der Waals surface area (Å²) >= 11 is 0. The van der Waals surface area contributed by atoms with Gasteiger partial charge in [-0.25, -0.2) is 0 Å². The van der Waals surface area contributed by atoms with E-state index in [0.717, 1.165) is 50.5 Å². The normalized spacial score (nSPS) is 42.6. The van der Waals surface area contributed by atoms with Crippen LogP contribution in [-0.2, 0) is 26.3 Å². The number of methoxy groups -OCH3 is 1. The highest BCUT2D eigenvalue weighted by Gasteiger charge is 2.70. The van der Waals surface area contributed by atoms with Crippen molar-refractivity contribution in [2.75, 3.05) is 7.11 Å². The molecule has 0 bridgehead atoms. The predicted octanol–water partition coefficient (Wildman–Crippen LogP) is 6.69. The third-order valence-corrected chi connectivity index (χ3v) is 13.0. The molecular formula is C34H45N3O4. The van der Waals surface area contributed by atoms with Gasteiger partial charge in [-0.05, 0) is 79.1 Å². The van der Waals surface area contributed by atoms with E-state index < -0.39 is 10.8 Å². The molecule has 3 fully saturated rings. The van der Waals surface area contributed by atoms with E-state index in [1.807, 2.05) is 26.0 Å². The molecule has 0 unspecified atom stereocenters. The molecule has 0 radical (unpaired) electrons. The number of nitriles is 1. The van der Waals surface area contributed by atoms with E-state index in [0.29, 0.717) is 11.8 Å². The van der Waals surface area contributed by atoms with Crippen molar-refractivity contribution in [3.05, 3.63) is 35.1 Å². The summed E-state index contributed by atoms with van der Waals surface area (Å²) < 4.78 is 11.5. The van der Waals surface area contributed by atoms with Crippen LogP contribution >= 0.6 is 0 Å². The van der Waals surface area contributed by atoms with Crippen LogP contribution in [0.2, 0.25) is 0 Å². The molecule has 3 saturated carbocycles. The van der Waals surface area contributed by atoms with Crippen LogP contribution in [0.4, 0.5) is 0 Å². The molecule has 1 aromatic rings. The average molecular weight is 560 g/mol. The monoisotopic (exact) mass is 559 g/mol. The first kappa shape index (κ1) is 28.5. The summed E-state index contributed by atoms with van der Waals surface area (Å²) in [5.74, 6) is 1.23. The number of rotatable bonds is 3. The molecule has 0 spiro atoms. The quantitative estimate of drug-likeness (QED) is 0.406. The van der Waals surface area contributed by atoms with Gasteiger partial charge in [-0.15, -0.1) is 10.2 Å². The topological polar surface area (TPSA) is 106 Å². The second-order valence-corrected chi connectivity index (χ2v) is 15.8. The van der Waals surface area contributed by atoms with E-state index in [1.54, 1.807) is 7.11 Å². The molecule has 1 aromatic heterocycles. The van der Waals surface area contributed by atoms with E-state index in [4.69, 9.17) is 9.15 Å². The number of ketones is 2. The van der Waals surface area contributed by atoms with Crippen LogP contribution < -0.4 is 0 Å². The SMILES string of the molecule is COCc1nnc([C@]23CCC(C)(C)C[C@H]2[C@H]2C(=O)C=C4[C@@]5(C)C=C(C#N)C(=O)C(C)(C)[C@@H]5CC[C@@]4(C)[C@]2(C)CC3)o1. The fraction of sp³-hybridized carbons (Fsp3) is 0.735. The molecule has 0 aliphatic heterocycles. The van der Waals surface area contributed by atoms with Gasteiger partial charge >= 0.3 is 0 Å². The molecular weight excluding hydrogens is 514 g/mol. The molecule has 6 rings (SSSR count). The number of Topliss-reactive ketones (excluding diaryl/α,β-unsaturated/α-hetero) is 1. The minimum atomic E-state index is -0.662. The largest absolute Gasteiger partial charge is 0.422 e. The van der Waals surface area contributed by atoms with E-state index in [1.165, 1.54) is 0 Å². The van der Waals surface area contributed by atoms with Crippen molar-refractivity contribution in [1.29, 1.82) is 5.26 Å². The summed E-state index contributed by atoms with van der Waals surface area (Å²) in [5.41, 5.74) is -0.566. The summed E-state index contributed by atoms with van der Waals surface area (Å²) in [6, 6.07) is 2.20. The summed E-state index contributed by atoms with van der Waals surface area (Å²) in [6.07, 6.45) is 10.4. The van der Waals surface area contributed by atoms with Crippen LogP contribution in [0.3, 0.4) is 0 Å². The maximum atomic E-state index is 14.7. The minimum absolute atomic E-state index is 0.0424. The van der Waals surface area contributed by atoms with Gasteiger partial charge in [-0.2, -0.15) is 5.26 Å². The highest BCUT2D eigenvalue weighted by Crippen LogP contribution is 2.74. The number of allylic oxidation sites excluding steroid dienone is 4. The highest BCUT2D eigenvalue weighted by molar-refractivity contribution is 6.04.